The van der Waals surface area contributed by atoms with Crippen LogP contribution in [-0.4, -0.2) is 25.4 Å². The third-order valence-corrected chi connectivity index (χ3v) is 2.95. The topological polar surface area (TPSA) is 36.9 Å². The average molecular weight is 232 g/mol. The highest BCUT2D eigenvalue weighted by Gasteiger charge is 2.31. The first-order chi connectivity index (χ1) is 7.19. The molecule has 0 saturated carbocycles. The fourth-order valence-electron chi connectivity index (χ4n) is 1.44. The van der Waals surface area contributed by atoms with Crippen molar-refractivity contribution in [1.82, 2.24) is 0 Å². The van der Waals surface area contributed by atoms with Crippen molar-refractivity contribution in [3.63, 3.8) is 0 Å². The quantitative estimate of drug-likeness (QED) is 0.401. The van der Waals surface area contributed by atoms with E-state index in [1.165, 1.54) is 14.2 Å². The van der Waals surface area contributed by atoms with Crippen molar-refractivity contribution in [2.45, 2.75) is 52.7 Å². The summed E-state index contributed by atoms with van der Waals surface area (Å²) in [6.07, 6.45) is 0. The summed E-state index contributed by atoms with van der Waals surface area (Å²) in [5, 5.41) is 0. The molecule has 0 aliphatic carbocycles. The molecule has 0 saturated heterocycles. The highest BCUT2D eigenvalue weighted by atomic mass is 17.2. The van der Waals surface area contributed by atoms with Crippen LogP contribution in [0.25, 0.3) is 0 Å². The van der Waals surface area contributed by atoms with E-state index in [4.69, 9.17) is 19.6 Å². The summed E-state index contributed by atoms with van der Waals surface area (Å²) in [5.74, 6) is 0. The standard InChI is InChI=1S/C12H24O4/c1-9(11(3,4)15-13-7)10(2)12(5,6)16-14-8/h1-8H3. The lowest BCUT2D eigenvalue weighted by Crippen LogP contribution is -2.33. The minimum absolute atomic E-state index is 0.493. The maximum Gasteiger partial charge on any atom is 0.119 e. The van der Waals surface area contributed by atoms with Crippen LogP contribution in [-0.2, 0) is 19.6 Å². The normalized spacial score (nSPS) is 15.0. The number of rotatable bonds is 6. The maximum absolute atomic E-state index is 5.23. The molecule has 0 fully saturated rings. The van der Waals surface area contributed by atoms with Crippen LogP contribution in [0.5, 0.6) is 0 Å². The van der Waals surface area contributed by atoms with Gasteiger partial charge in [-0.3, -0.25) is 0 Å². The van der Waals surface area contributed by atoms with E-state index in [1.807, 2.05) is 41.5 Å². The van der Waals surface area contributed by atoms with Gasteiger partial charge in [-0.15, -0.1) is 0 Å². The molecular weight excluding hydrogens is 208 g/mol. The zero-order chi connectivity index (χ0) is 13.0. The van der Waals surface area contributed by atoms with E-state index in [-0.39, 0.29) is 0 Å². The van der Waals surface area contributed by atoms with E-state index in [1.54, 1.807) is 0 Å². The van der Waals surface area contributed by atoms with Gasteiger partial charge in [0, 0.05) is 0 Å². The molecular formula is C12H24O4. The molecule has 0 rings (SSSR count). The second-order valence-corrected chi connectivity index (χ2v) is 4.77. The molecule has 0 unspecified atom stereocenters. The maximum atomic E-state index is 5.23. The molecule has 0 aliphatic rings. The summed E-state index contributed by atoms with van der Waals surface area (Å²) in [5.41, 5.74) is 1.12. The molecule has 96 valence electrons. The lowest BCUT2D eigenvalue weighted by molar-refractivity contribution is -0.331. The number of hydrogen-bond donors (Lipinski definition) is 0. The van der Waals surface area contributed by atoms with Gasteiger partial charge in [0.25, 0.3) is 0 Å². The Morgan fingerprint density at radius 3 is 1.12 bits per heavy atom. The summed E-state index contributed by atoms with van der Waals surface area (Å²) in [6.45, 7) is 11.8. The molecule has 0 amide bonds. The third-order valence-electron chi connectivity index (χ3n) is 2.95. The largest absolute Gasteiger partial charge is 0.239 e. The van der Waals surface area contributed by atoms with Crippen molar-refractivity contribution >= 4 is 0 Å². The summed E-state index contributed by atoms with van der Waals surface area (Å²) >= 11 is 0. The average Bonchev–Trinajstić information content (AvgIpc) is 2.15. The van der Waals surface area contributed by atoms with Crippen LogP contribution in [0.2, 0.25) is 0 Å². The molecule has 0 spiro atoms. The monoisotopic (exact) mass is 232 g/mol. The van der Waals surface area contributed by atoms with Crippen LogP contribution < -0.4 is 0 Å². The van der Waals surface area contributed by atoms with Gasteiger partial charge >= 0.3 is 0 Å². The van der Waals surface area contributed by atoms with Crippen molar-refractivity contribution in [3.05, 3.63) is 11.1 Å². The molecule has 0 aromatic carbocycles. The summed E-state index contributed by atoms with van der Waals surface area (Å²) in [4.78, 5) is 20.0. The fraction of sp³-hybridized carbons (Fsp3) is 0.833. The van der Waals surface area contributed by atoms with E-state index in [0.29, 0.717) is 0 Å². The summed E-state index contributed by atoms with van der Waals surface area (Å²) < 4.78 is 0. The van der Waals surface area contributed by atoms with Crippen LogP contribution in [0.1, 0.15) is 41.5 Å². The van der Waals surface area contributed by atoms with Gasteiger partial charge in [-0.25, -0.2) is 19.6 Å². The van der Waals surface area contributed by atoms with Gasteiger partial charge < -0.3 is 0 Å². The summed E-state index contributed by atoms with van der Waals surface area (Å²) in [6, 6.07) is 0. The molecule has 0 N–H and O–H groups in total. The second-order valence-electron chi connectivity index (χ2n) is 4.77. The first-order valence-electron chi connectivity index (χ1n) is 5.31. The zero-order valence-corrected chi connectivity index (χ0v) is 11.6. The molecule has 4 heteroatoms. The van der Waals surface area contributed by atoms with Crippen molar-refractivity contribution in [3.8, 4) is 0 Å². The molecule has 0 heterocycles. The van der Waals surface area contributed by atoms with Gasteiger partial charge in [0.15, 0.2) is 0 Å². The van der Waals surface area contributed by atoms with Crippen LogP contribution in [0.15, 0.2) is 11.1 Å². The Hall–Kier alpha value is -0.420. The van der Waals surface area contributed by atoms with Crippen LogP contribution in [0.4, 0.5) is 0 Å². The van der Waals surface area contributed by atoms with E-state index in [9.17, 15) is 0 Å². The summed E-state index contributed by atoms with van der Waals surface area (Å²) in [7, 11) is 3.00. The lowest BCUT2D eigenvalue weighted by atomic mass is 9.87. The van der Waals surface area contributed by atoms with Gasteiger partial charge in [-0.2, -0.15) is 0 Å². The van der Waals surface area contributed by atoms with Gasteiger partial charge in [0.2, 0.25) is 0 Å². The Bertz CT molecular complexity index is 228. The Morgan fingerprint density at radius 2 is 0.938 bits per heavy atom. The highest BCUT2D eigenvalue weighted by Crippen LogP contribution is 2.30. The lowest BCUT2D eigenvalue weighted by Gasteiger charge is -2.31. The SMILES string of the molecule is COOC(C)(C)C(C)=C(C)C(C)(C)OOC. The number of hydrogen-bond acceptors (Lipinski definition) is 4. The van der Waals surface area contributed by atoms with Crippen molar-refractivity contribution < 1.29 is 19.6 Å². The van der Waals surface area contributed by atoms with Crippen molar-refractivity contribution in [2.24, 2.45) is 0 Å². The molecule has 0 aliphatic heterocycles. The van der Waals surface area contributed by atoms with E-state index < -0.39 is 11.2 Å². The van der Waals surface area contributed by atoms with Gasteiger partial charge in [-0.05, 0) is 52.7 Å². The minimum Gasteiger partial charge on any atom is -0.239 e. The fourth-order valence-corrected chi connectivity index (χ4v) is 1.44. The van der Waals surface area contributed by atoms with Crippen LogP contribution in [0.3, 0.4) is 0 Å². The van der Waals surface area contributed by atoms with E-state index in [2.05, 4.69) is 0 Å². The first kappa shape index (κ1) is 15.6. The Morgan fingerprint density at radius 1 is 0.688 bits per heavy atom. The molecule has 0 bridgehead atoms. The Kier molecular flexibility index (Phi) is 5.62. The van der Waals surface area contributed by atoms with E-state index in [0.717, 1.165) is 11.1 Å². The predicted molar refractivity (Wildman–Crippen MR) is 62.7 cm³/mol. The molecule has 0 radical (unpaired) electrons. The van der Waals surface area contributed by atoms with Crippen molar-refractivity contribution in [1.29, 1.82) is 0 Å². The minimum atomic E-state index is -0.493. The highest BCUT2D eigenvalue weighted by molar-refractivity contribution is 5.25. The van der Waals surface area contributed by atoms with E-state index >= 15 is 0 Å². The molecule has 16 heavy (non-hydrogen) atoms. The molecule has 0 aromatic heterocycles. The smallest absolute Gasteiger partial charge is 0.119 e. The van der Waals surface area contributed by atoms with Gasteiger partial charge in [-0.1, -0.05) is 0 Å². The Labute approximate surface area is 98.4 Å². The van der Waals surface area contributed by atoms with Crippen LogP contribution >= 0.6 is 0 Å². The zero-order valence-electron chi connectivity index (χ0n) is 11.6. The predicted octanol–water partition coefficient (Wildman–Crippen LogP) is 3.04. The molecule has 0 atom stereocenters. The Balaban J connectivity index is 5.08. The molecule has 0 aromatic rings. The molecule has 4 nitrogen and oxygen atoms in total. The third kappa shape index (κ3) is 3.87. The van der Waals surface area contributed by atoms with Crippen molar-refractivity contribution in [2.75, 3.05) is 14.2 Å². The second kappa shape index (κ2) is 5.77. The van der Waals surface area contributed by atoms with Crippen LogP contribution in [0, 0.1) is 0 Å². The first-order valence-corrected chi connectivity index (χ1v) is 5.31. The van der Waals surface area contributed by atoms with Gasteiger partial charge in [0.05, 0.1) is 14.2 Å². The van der Waals surface area contributed by atoms with Gasteiger partial charge in [0.1, 0.15) is 11.2 Å².